The molecule has 4 rings (SSSR count). The second-order valence-corrected chi connectivity index (χ2v) is 8.16. The minimum Gasteiger partial charge on any atom is -0.489 e. The number of rotatable bonds is 7. The van der Waals surface area contributed by atoms with E-state index in [1.165, 1.54) is 0 Å². The summed E-state index contributed by atoms with van der Waals surface area (Å²) in [5, 5.41) is 8.66. The minimum absolute atomic E-state index is 0.227. The van der Waals surface area contributed by atoms with Crippen LogP contribution in [0.4, 0.5) is 5.82 Å². The first kappa shape index (κ1) is 21.9. The number of amides is 1. The number of aromatic nitrogens is 2. The Balaban J connectivity index is 1.37. The van der Waals surface area contributed by atoms with Crippen molar-refractivity contribution in [2.45, 2.75) is 20.1 Å². The quantitative estimate of drug-likeness (QED) is 0.344. The van der Waals surface area contributed by atoms with Gasteiger partial charge in [0.1, 0.15) is 12.4 Å². The van der Waals surface area contributed by atoms with E-state index in [-0.39, 0.29) is 5.91 Å². The average molecular weight is 466 g/mol. The van der Waals surface area contributed by atoms with Gasteiger partial charge in [-0.2, -0.15) is 5.10 Å². The first-order valence-electron chi connectivity index (χ1n) is 10.0. The van der Waals surface area contributed by atoms with Crippen LogP contribution in [0.1, 0.15) is 27.2 Å². The van der Waals surface area contributed by atoms with Crippen LogP contribution in [0.5, 0.6) is 5.75 Å². The molecule has 5 nitrogen and oxygen atoms in total. The number of aryl methyl sites for hydroxylation is 1. The summed E-state index contributed by atoms with van der Waals surface area (Å²) >= 11 is 12.2. The summed E-state index contributed by atoms with van der Waals surface area (Å²) < 4.78 is 7.55. The summed E-state index contributed by atoms with van der Waals surface area (Å²) in [6.07, 6.45) is 0. The Morgan fingerprint density at radius 1 is 1.00 bits per heavy atom. The van der Waals surface area contributed by atoms with Crippen molar-refractivity contribution in [2.24, 2.45) is 0 Å². The molecule has 0 spiro atoms. The fourth-order valence-corrected chi connectivity index (χ4v) is 3.56. The SMILES string of the molecule is Cc1cc(NC(=O)c2ccc(COc3cccc(Cl)c3)cc2)nn1Cc1ccccc1Cl. The van der Waals surface area contributed by atoms with E-state index >= 15 is 0 Å². The number of benzene rings is 3. The summed E-state index contributed by atoms with van der Waals surface area (Å²) in [6.45, 7) is 2.85. The van der Waals surface area contributed by atoms with Gasteiger partial charge in [-0.15, -0.1) is 0 Å². The topological polar surface area (TPSA) is 56.1 Å². The molecule has 0 saturated heterocycles. The molecule has 1 aromatic heterocycles. The Kier molecular flexibility index (Phi) is 6.78. The molecule has 1 heterocycles. The van der Waals surface area contributed by atoms with Crippen LogP contribution in [-0.2, 0) is 13.2 Å². The standard InChI is InChI=1S/C25H21Cl2N3O2/c1-17-13-24(29-30(17)15-20-5-2-3-8-23(20)27)28-25(31)19-11-9-18(10-12-19)16-32-22-7-4-6-21(26)14-22/h2-14H,15-16H2,1H3,(H,28,29,31). The van der Waals surface area contributed by atoms with E-state index < -0.39 is 0 Å². The van der Waals surface area contributed by atoms with Crippen LogP contribution in [0.3, 0.4) is 0 Å². The maximum Gasteiger partial charge on any atom is 0.256 e. The number of halogens is 2. The minimum atomic E-state index is -0.227. The van der Waals surface area contributed by atoms with Gasteiger partial charge in [-0.25, -0.2) is 0 Å². The zero-order chi connectivity index (χ0) is 22.5. The van der Waals surface area contributed by atoms with Crippen LogP contribution in [0, 0.1) is 6.92 Å². The number of nitrogens with zero attached hydrogens (tertiary/aromatic N) is 2. The van der Waals surface area contributed by atoms with Gasteiger partial charge in [0.15, 0.2) is 5.82 Å². The molecule has 32 heavy (non-hydrogen) atoms. The molecule has 7 heteroatoms. The van der Waals surface area contributed by atoms with Crippen molar-refractivity contribution >= 4 is 34.9 Å². The van der Waals surface area contributed by atoms with E-state index in [2.05, 4.69) is 10.4 Å². The van der Waals surface area contributed by atoms with Crippen molar-refractivity contribution in [1.29, 1.82) is 0 Å². The maximum absolute atomic E-state index is 12.6. The van der Waals surface area contributed by atoms with Crippen LogP contribution < -0.4 is 10.1 Å². The molecule has 0 aliphatic heterocycles. The van der Waals surface area contributed by atoms with Crippen LogP contribution in [-0.4, -0.2) is 15.7 Å². The first-order chi connectivity index (χ1) is 15.5. The molecule has 0 radical (unpaired) electrons. The van der Waals surface area contributed by atoms with E-state index in [1.54, 1.807) is 24.3 Å². The van der Waals surface area contributed by atoms with Crippen LogP contribution in [0.25, 0.3) is 0 Å². The summed E-state index contributed by atoms with van der Waals surface area (Å²) in [4.78, 5) is 12.6. The van der Waals surface area contributed by atoms with E-state index in [0.717, 1.165) is 16.8 Å². The fourth-order valence-electron chi connectivity index (χ4n) is 3.18. The summed E-state index contributed by atoms with van der Waals surface area (Å²) in [6, 6.07) is 24.0. The summed E-state index contributed by atoms with van der Waals surface area (Å²) in [5.41, 5.74) is 3.37. The Bertz CT molecular complexity index is 1240. The molecule has 0 aliphatic carbocycles. The number of carbonyl (C=O) groups excluding carboxylic acids is 1. The molecule has 1 N–H and O–H groups in total. The van der Waals surface area contributed by atoms with Crippen LogP contribution in [0.15, 0.2) is 78.9 Å². The van der Waals surface area contributed by atoms with Crippen LogP contribution in [0.2, 0.25) is 10.0 Å². The third kappa shape index (κ3) is 5.49. The number of ether oxygens (including phenoxy) is 1. The van der Waals surface area contributed by atoms with Gasteiger partial charge in [0.05, 0.1) is 6.54 Å². The molecular formula is C25H21Cl2N3O2. The molecule has 0 fully saturated rings. The second kappa shape index (κ2) is 9.90. The zero-order valence-corrected chi connectivity index (χ0v) is 18.9. The third-order valence-corrected chi connectivity index (χ3v) is 5.52. The lowest BCUT2D eigenvalue weighted by atomic mass is 10.1. The third-order valence-electron chi connectivity index (χ3n) is 4.92. The second-order valence-electron chi connectivity index (χ2n) is 7.32. The van der Waals surface area contributed by atoms with Gasteiger partial charge in [-0.1, -0.05) is 59.6 Å². The lowest BCUT2D eigenvalue weighted by Crippen LogP contribution is -2.13. The van der Waals surface area contributed by atoms with E-state index in [9.17, 15) is 4.79 Å². The highest BCUT2D eigenvalue weighted by Crippen LogP contribution is 2.20. The number of hydrogen-bond donors (Lipinski definition) is 1. The lowest BCUT2D eigenvalue weighted by Gasteiger charge is -2.08. The smallest absolute Gasteiger partial charge is 0.256 e. The molecule has 0 unspecified atom stereocenters. The van der Waals surface area contributed by atoms with Crippen molar-refractivity contribution in [2.75, 3.05) is 5.32 Å². The molecule has 3 aromatic carbocycles. The average Bonchev–Trinajstić information content (AvgIpc) is 3.12. The molecule has 0 saturated carbocycles. The van der Waals surface area contributed by atoms with Crippen molar-refractivity contribution in [3.05, 3.63) is 111 Å². The number of anilines is 1. The van der Waals surface area contributed by atoms with Crippen molar-refractivity contribution in [1.82, 2.24) is 9.78 Å². The Morgan fingerprint density at radius 2 is 1.78 bits per heavy atom. The van der Waals surface area contributed by atoms with Gasteiger partial charge in [0.25, 0.3) is 5.91 Å². The largest absolute Gasteiger partial charge is 0.489 e. The van der Waals surface area contributed by atoms with Gasteiger partial charge < -0.3 is 10.1 Å². The lowest BCUT2D eigenvalue weighted by molar-refractivity contribution is 0.102. The van der Waals surface area contributed by atoms with E-state index in [4.69, 9.17) is 27.9 Å². The number of hydrogen-bond acceptors (Lipinski definition) is 3. The van der Waals surface area contributed by atoms with Crippen molar-refractivity contribution < 1.29 is 9.53 Å². The number of carbonyl (C=O) groups is 1. The molecular weight excluding hydrogens is 445 g/mol. The van der Waals surface area contributed by atoms with Crippen molar-refractivity contribution in [3.8, 4) is 5.75 Å². The Labute approximate surface area is 196 Å². The maximum atomic E-state index is 12.6. The zero-order valence-electron chi connectivity index (χ0n) is 17.4. The first-order valence-corrected chi connectivity index (χ1v) is 10.8. The molecule has 0 atom stereocenters. The number of nitrogens with one attached hydrogen (secondary N) is 1. The molecule has 0 bridgehead atoms. The molecule has 162 valence electrons. The molecule has 4 aromatic rings. The predicted molar refractivity (Wildman–Crippen MR) is 128 cm³/mol. The molecule has 0 aliphatic rings. The highest BCUT2D eigenvalue weighted by atomic mass is 35.5. The normalized spacial score (nSPS) is 10.7. The van der Waals surface area contributed by atoms with E-state index in [0.29, 0.717) is 40.3 Å². The monoisotopic (exact) mass is 465 g/mol. The van der Waals surface area contributed by atoms with Gasteiger partial charge in [0.2, 0.25) is 0 Å². The molecule has 1 amide bonds. The van der Waals surface area contributed by atoms with Gasteiger partial charge in [-0.05, 0) is 54.4 Å². The van der Waals surface area contributed by atoms with Crippen molar-refractivity contribution in [3.63, 3.8) is 0 Å². The van der Waals surface area contributed by atoms with E-state index in [1.807, 2.05) is 66.2 Å². The highest BCUT2D eigenvalue weighted by molar-refractivity contribution is 6.31. The highest BCUT2D eigenvalue weighted by Gasteiger charge is 2.11. The fraction of sp³-hybridized carbons (Fsp3) is 0.120. The van der Waals surface area contributed by atoms with Gasteiger partial charge in [0, 0.05) is 27.4 Å². The Hall–Kier alpha value is -3.28. The van der Waals surface area contributed by atoms with Gasteiger partial charge >= 0.3 is 0 Å². The summed E-state index contributed by atoms with van der Waals surface area (Å²) in [7, 11) is 0. The van der Waals surface area contributed by atoms with Gasteiger partial charge in [-0.3, -0.25) is 9.48 Å². The summed E-state index contributed by atoms with van der Waals surface area (Å²) in [5.74, 6) is 0.963. The van der Waals surface area contributed by atoms with Crippen LogP contribution >= 0.6 is 23.2 Å². The Morgan fingerprint density at radius 3 is 2.53 bits per heavy atom. The predicted octanol–water partition coefficient (Wildman–Crippen LogP) is 6.38.